The fourth-order valence-corrected chi connectivity index (χ4v) is 5.32. The summed E-state index contributed by atoms with van der Waals surface area (Å²) in [4.78, 5) is 19.2. The van der Waals surface area contributed by atoms with Crippen LogP contribution in [-0.2, 0) is 23.5 Å². The highest BCUT2D eigenvalue weighted by molar-refractivity contribution is 5.95. The maximum Gasteiger partial charge on any atom is 0.416 e. The molecule has 2 saturated heterocycles. The van der Waals surface area contributed by atoms with Gasteiger partial charge in [0, 0.05) is 43.3 Å². The Bertz CT molecular complexity index is 1320. The number of benzene rings is 2. The third kappa shape index (κ3) is 8.43. The molecule has 0 saturated carbocycles. The van der Waals surface area contributed by atoms with Crippen LogP contribution in [0.4, 0.5) is 26.3 Å². The van der Waals surface area contributed by atoms with Gasteiger partial charge in [0.2, 0.25) is 0 Å². The number of alkyl halides is 6. The Morgan fingerprint density at radius 3 is 2.28 bits per heavy atom. The molecule has 2 aliphatic heterocycles. The number of hydrogen-bond acceptors (Lipinski definition) is 5. The van der Waals surface area contributed by atoms with Crippen LogP contribution in [0.2, 0.25) is 0 Å². The van der Waals surface area contributed by atoms with Crippen LogP contribution in [0.5, 0.6) is 5.75 Å². The highest BCUT2D eigenvalue weighted by Crippen LogP contribution is 2.37. The smallest absolute Gasteiger partial charge is 0.416 e. The van der Waals surface area contributed by atoms with Crippen molar-refractivity contribution >= 4 is 5.91 Å². The third-order valence-corrected chi connectivity index (χ3v) is 7.78. The van der Waals surface area contributed by atoms with E-state index in [2.05, 4.69) is 30.6 Å². The highest BCUT2D eigenvalue weighted by Gasteiger charge is 2.39. The first-order valence-corrected chi connectivity index (χ1v) is 13.9. The first-order chi connectivity index (χ1) is 20.2. The molecule has 2 fully saturated rings. The Balaban J connectivity index is 1.56. The van der Waals surface area contributed by atoms with E-state index < -0.39 is 41.0 Å². The van der Waals surface area contributed by atoms with E-state index in [9.17, 15) is 31.1 Å². The summed E-state index contributed by atoms with van der Waals surface area (Å²) in [6.45, 7) is 8.01. The van der Waals surface area contributed by atoms with Crippen LogP contribution >= 0.6 is 0 Å². The number of hydrogen-bond donors (Lipinski definition) is 0. The summed E-state index contributed by atoms with van der Waals surface area (Å²) < 4.78 is 91.9. The second kappa shape index (κ2) is 13.2. The lowest BCUT2D eigenvalue weighted by molar-refractivity contribution is -0.143. The minimum atomic E-state index is -5.05. The van der Waals surface area contributed by atoms with E-state index in [4.69, 9.17) is 9.47 Å². The van der Waals surface area contributed by atoms with Gasteiger partial charge in [-0.25, -0.2) is 0 Å². The molecule has 2 heterocycles. The number of ether oxygens (including phenoxy) is 2. The molecule has 12 heteroatoms. The van der Waals surface area contributed by atoms with Gasteiger partial charge in [0.15, 0.2) is 0 Å². The quantitative estimate of drug-likeness (QED) is 0.332. The summed E-state index contributed by atoms with van der Waals surface area (Å²) >= 11 is 0. The van der Waals surface area contributed by atoms with E-state index in [0.29, 0.717) is 63.7 Å². The molecule has 0 spiro atoms. The SMILES string of the molecule is COc1cccc(CC2CN(CC#CCN3CCOCC3(C)C)CCN2C(=O)c2cc(C(F)(F)F)cc(C(F)(F)F)c2)c1. The number of nitrogens with zero attached hydrogens (tertiary/aromatic N) is 3. The number of morpholine rings is 1. The highest BCUT2D eigenvalue weighted by atomic mass is 19.4. The van der Waals surface area contributed by atoms with Gasteiger partial charge >= 0.3 is 12.4 Å². The lowest BCUT2D eigenvalue weighted by Gasteiger charge is -2.41. The van der Waals surface area contributed by atoms with Crippen LogP contribution in [0.1, 0.15) is 40.9 Å². The Morgan fingerprint density at radius 1 is 0.977 bits per heavy atom. The lowest BCUT2D eigenvalue weighted by Crippen LogP contribution is -2.56. The average molecular weight is 612 g/mol. The molecule has 6 nitrogen and oxygen atoms in total. The van der Waals surface area contributed by atoms with Crippen molar-refractivity contribution in [2.24, 2.45) is 0 Å². The van der Waals surface area contributed by atoms with Gasteiger partial charge < -0.3 is 14.4 Å². The molecule has 0 aromatic heterocycles. The van der Waals surface area contributed by atoms with Gasteiger partial charge in [-0.1, -0.05) is 24.0 Å². The van der Waals surface area contributed by atoms with Gasteiger partial charge in [-0.2, -0.15) is 26.3 Å². The van der Waals surface area contributed by atoms with Crippen molar-refractivity contribution in [3.05, 3.63) is 64.7 Å². The van der Waals surface area contributed by atoms with Crippen molar-refractivity contribution in [2.75, 3.05) is 59.6 Å². The zero-order chi connectivity index (χ0) is 31.4. The first-order valence-electron chi connectivity index (χ1n) is 13.9. The van der Waals surface area contributed by atoms with Crippen LogP contribution in [0.15, 0.2) is 42.5 Å². The summed E-state index contributed by atoms with van der Waals surface area (Å²) in [5.74, 6) is 6.10. The fourth-order valence-electron chi connectivity index (χ4n) is 5.32. The first kappa shape index (κ1) is 32.6. The summed E-state index contributed by atoms with van der Waals surface area (Å²) in [7, 11) is 1.51. The van der Waals surface area contributed by atoms with Crippen LogP contribution in [0.3, 0.4) is 0 Å². The normalized spacial score (nSPS) is 19.9. The predicted molar refractivity (Wildman–Crippen MR) is 149 cm³/mol. The molecule has 0 N–H and O–H groups in total. The van der Waals surface area contributed by atoms with E-state index in [0.717, 1.165) is 12.1 Å². The van der Waals surface area contributed by atoms with Crippen LogP contribution < -0.4 is 4.74 Å². The van der Waals surface area contributed by atoms with Gasteiger partial charge in [-0.05, 0) is 56.2 Å². The third-order valence-electron chi connectivity index (χ3n) is 7.78. The van der Waals surface area contributed by atoms with Crippen molar-refractivity contribution in [3.63, 3.8) is 0 Å². The maximum atomic E-state index is 13.6. The standard InChI is InChI=1S/C31H35F6N3O3/c1-29(2)21-43-14-13-39(29)10-5-4-9-38-11-12-40(26(20-38)15-22-7-6-8-27(16-22)42-3)28(41)23-17-24(30(32,33)34)19-25(18-23)31(35,36)37/h6-8,16-19,26H,9-15,20-21H2,1-3H3. The summed E-state index contributed by atoms with van der Waals surface area (Å²) in [6.07, 6.45) is -9.78. The zero-order valence-electron chi connectivity index (χ0n) is 24.3. The molecule has 234 valence electrons. The van der Waals surface area contributed by atoms with Gasteiger partial charge in [0.1, 0.15) is 5.75 Å². The molecule has 1 unspecified atom stereocenters. The second-order valence-corrected chi connectivity index (χ2v) is 11.4. The molecule has 2 aliphatic rings. The Hall–Kier alpha value is -3.27. The molecule has 4 rings (SSSR count). The predicted octanol–water partition coefficient (Wildman–Crippen LogP) is 5.22. The molecule has 0 bridgehead atoms. The molecular weight excluding hydrogens is 576 g/mol. The molecule has 1 atom stereocenters. The Labute approximate surface area is 247 Å². The van der Waals surface area contributed by atoms with Crippen LogP contribution in [0.25, 0.3) is 0 Å². The number of halogens is 6. The van der Waals surface area contributed by atoms with Crippen molar-refractivity contribution < 1.29 is 40.6 Å². The summed E-state index contributed by atoms with van der Waals surface area (Å²) in [6, 6.07) is 7.64. The summed E-state index contributed by atoms with van der Waals surface area (Å²) in [5.41, 5.74) is -3.01. The number of amides is 1. The Kier molecular flexibility index (Phi) is 9.99. The van der Waals surface area contributed by atoms with Gasteiger partial charge in [0.25, 0.3) is 5.91 Å². The van der Waals surface area contributed by atoms with Crippen molar-refractivity contribution in [3.8, 4) is 17.6 Å². The number of carbonyl (C=O) groups excluding carboxylic acids is 1. The molecule has 0 radical (unpaired) electrons. The topological polar surface area (TPSA) is 45.2 Å². The number of carbonyl (C=O) groups is 1. The maximum absolute atomic E-state index is 13.6. The van der Waals surface area contributed by atoms with E-state index in [1.165, 1.54) is 12.0 Å². The lowest BCUT2D eigenvalue weighted by atomic mass is 9.99. The number of piperazine rings is 1. The molecule has 0 aliphatic carbocycles. The zero-order valence-corrected chi connectivity index (χ0v) is 24.3. The van der Waals surface area contributed by atoms with Crippen LogP contribution in [0, 0.1) is 11.8 Å². The number of rotatable bonds is 6. The fraction of sp³-hybridized carbons (Fsp3) is 0.516. The molecule has 2 aromatic rings. The van der Waals surface area contributed by atoms with Gasteiger partial charge in [-0.15, -0.1) is 0 Å². The minimum Gasteiger partial charge on any atom is -0.497 e. The van der Waals surface area contributed by atoms with Crippen molar-refractivity contribution in [1.82, 2.24) is 14.7 Å². The molecule has 2 aromatic carbocycles. The van der Waals surface area contributed by atoms with Crippen molar-refractivity contribution in [2.45, 2.75) is 44.2 Å². The molecule has 43 heavy (non-hydrogen) atoms. The molecule has 1 amide bonds. The van der Waals surface area contributed by atoms with E-state index in [-0.39, 0.29) is 18.2 Å². The van der Waals surface area contributed by atoms with Gasteiger partial charge in [0.05, 0.1) is 44.5 Å². The average Bonchev–Trinajstić information content (AvgIpc) is 2.94. The van der Waals surface area contributed by atoms with Crippen LogP contribution in [-0.4, -0.2) is 91.8 Å². The van der Waals surface area contributed by atoms with E-state index in [1.54, 1.807) is 18.2 Å². The van der Waals surface area contributed by atoms with Gasteiger partial charge in [-0.3, -0.25) is 14.6 Å². The Morgan fingerprint density at radius 2 is 1.65 bits per heavy atom. The van der Waals surface area contributed by atoms with Crippen molar-refractivity contribution in [1.29, 1.82) is 0 Å². The monoisotopic (exact) mass is 611 g/mol. The van der Waals surface area contributed by atoms with E-state index >= 15 is 0 Å². The number of methoxy groups -OCH3 is 1. The minimum absolute atomic E-state index is 0.0269. The van der Waals surface area contributed by atoms with E-state index in [1.807, 2.05) is 11.0 Å². The largest absolute Gasteiger partial charge is 0.497 e. The second-order valence-electron chi connectivity index (χ2n) is 11.4. The molecular formula is C31H35F6N3O3. The summed E-state index contributed by atoms with van der Waals surface area (Å²) in [5, 5.41) is 0.